The third-order valence-electron chi connectivity index (χ3n) is 5.55. The van der Waals surface area contributed by atoms with Crippen LogP contribution in [-0.4, -0.2) is 35.1 Å². The summed E-state index contributed by atoms with van der Waals surface area (Å²) < 4.78 is 39.0. The van der Waals surface area contributed by atoms with Crippen molar-refractivity contribution in [3.05, 3.63) is 35.4 Å². The molecule has 6 heteroatoms. The Balaban J connectivity index is 1.86. The van der Waals surface area contributed by atoms with E-state index in [2.05, 4.69) is 0 Å². The second-order valence-corrected chi connectivity index (χ2v) is 7.05. The van der Waals surface area contributed by atoms with Gasteiger partial charge in [0, 0.05) is 19.0 Å². The molecule has 1 amide bonds. The zero-order valence-corrected chi connectivity index (χ0v) is 13.6. The van der Waals surface area contributed by atoms with E-state index in [9.17, 15) is 23.1 Å². The molecule has 3 nitrogen and oxygen atoms in total. The molecule has 1 saturated carbocycles. The lowest BCUT2D eigenvalue weighted by Gasteiger charge is -2.43. The van der Waals surface area contributed by atoms with E-state index >= 15 is 0 Å². The van der Waals surface area contributed by atoms with E-state index in [1.165, 1.54) is 6.07 Å². The molecule has 1 saturated heterocycles. The summed E-state index contributed by atoms with van der Waals surface area (Å²) in [5.74, 6) is -0.0381. The van der Waals surface area contributed by atoms with Gasteiger partial charge in [-0.15, -0.1) is 0 Å². The minimum Gasteiger partial charge on any atom is -0.393 e. The fourth-order valence-corrected chi connectivity index (χ4v) is 3.82. The highest BCUT2D eigenvalue weighted by molar-refractivity contribution is 5.89. The van der Waals surface area contributed by atoms with E-state index in [1.807, 2.05) is 0 Å². The van der Waals surface area contributed by atoms with Crippen molar-refractivity contribution in [2.75, 3.05) is 13.1 Å². The van der Waals surface area contributed by atoms with Crippen LogP contribution in [0.3, 0.4) is 0 Å². The number of alkyl halides is 3. The molecule has 2 atom stereocenters. The zero-order chi connectivity index (χ0) is 17.5. The van der Waals surface area contributed by atoms with Crippen LogP contribution in [0.15, 0.2) is 24.3 Å². The fourth-order valence-electron chi connectivity index (χ4n) is 3.82. The van der Waals surface area contributed by atoms with Gasteiger partial charge in [-0.2, -0.15) is 13.2 Å². The van der Waals surface area contributed by atoms with Gasteiger partial charge in [0.25, 0.3) is 0 Å². The van der Waals surface area contributed by atoms with Crippen molar-refractivity contribution >= 4 is 5.91 Å². The molecule has 1 heterocycles. The number of carbonyl (C=O) groups is 1. The van der Waals surface area contributed by atoms with E-state index < -0.39 is 23.3 Å². The lowest BCUT2D eigenvalue weighted by Crippen LogP contribution is -2.50. The van der Waals surface area contributed by atoms with Crippen LogP contribution >= 0.6 is 0 Å². The first-order valence-electron chi connectivity index (χ1n) is 8.39. The molecule has 1 aromatic carbocycles. The number of halogens is 3. The lowest BCUT2D eigenvalue weighted by atomic mass is 9.63. The maximum absolute atomic E-state index is 13.0. The second-order valence-electron chi connectivity index (χ2n) is 7.05. The predicted molar refractivity (Wildman–Crippen MR) is 83.3 cm³/mol. The molecule has 0 radical (unpaired) electrons. The average Bonchev–Trinajstić information content (AvgIpc) is 2.95. The number of carbonyl (C=O) groups excluding carboxylic acids is 1. The van der Waals surface area contributed by atoms with Crippen LogP contribution in [0.5, 0.6) is 0 Å². The maximum Gasteiger partial charge on any atom is 0.416 e. The molecule has 24 heavy (non-hydrogen) atoms. The summed E-state index contributed by atoms with van der Waals surface area (Å²) in [4.78, 5) is 14.8. The van der Waals surface area contributed by atoms with Gasteiger partial charge < -0.3 is 10.0 Å². The Hall–Kier alpha value is -1.56. The molecule has 1 aromatic rings. The van der Waals surface area contributed by atoms with Crippen molar-refractivity contribution in [3.8, 4) is 0 Å². The van der Waals surface area contributed by atoms with Crippen LogP contribution in [-0.2, 0) is 16.4 Å². The van der Waals surface area contributed by atoms with E-state index in [-0.39, 0.29) is 11.8 Å². The molecule has 0 spiro atoms. The average molecular weight is 341 g/mol. The zero-order valence-electron chi connectivity index (χ0n) is 13.6. The first kappa shape index (κ1) is 17.3. The van der Waals surface area contributed by atoms with Crippen molar-refractivity contribution in [1.82, 2.24) is 4.90 Å². The van der Waals surface area contributed by atoms with Gasteiger partial charge in [0.15, 0.2) is 0 Å². The van der Waals surface area contributed by atoms with Gasteiger partial charge in [-0.1, -0.05) is 24.6 Å². The molecule has 2 fully saturated rings. The van der Waals surface area contributed by atoms with E-state index in [1.54, 1.807) is 17.9 Å². The van der Waals surface area contributed by atoms with Gasteiger partial charge in [0.2, 0.25) is 5.91 Å². The van der Waals surface area contributed by atoms with Crippen LogP contribution < -0.4 is 0 Å². The van der Waals surface area contributed by atoms with E-state index in [0.717, 1.165) is 25.0 Å². The molecular weight excluding hydrogens is 319 g/mol. The summed E-state index contributed by atoms with van der Waals surface area (Å²) in [6.07, 6.45) is -2.13. The third-order valence-corrected chi connectivity index (χ3v) is 5.55. The first-order valence-corrected chi connectivity index (χ1v) is 8.39. The third kappa shape index (κ3) is 2.92. The maximum atomic E-state index is 13.0. The summed E-state index contributed by atoms with van der Waals surface area (Å²) in [5.41, 5.74) is -1.06. The number of hydrogen-bond donors (Lipinski definition) is 1. The normalized spacial score (nSPS) is 24.5. The largest absolute Gasteiger partial charge is 0.416 e. The Bertz CT molecular complexity index is 623. The van der Waals surface area contributed by atoms with Crippen molar-refractivity contribution in [2.45, 2.75) is 50.3 Å². The van der Waals surface area contributed by atoms with Crippen LogP contribution in [0.1, 0.15) is 43.7 Å². The molecule has 132 valence electrons. The molecule has 1 N–H and O–H groups in total. The van der Waals surface area contributed by atoms with Gasteiger partial charge in [-0.25, -0.2) is 0 Å². The van der Waals surface area contributed by atoms with Gasteiger partial charge in [0.05, 0.1) is 17.1 Å². The number of hydrogen-bond acceptors (Lipinski definition) is 2. The SMILES string of the molecule is CC(O)C1CCN(C(=O)C2(c3cccc(C(F)(F)F)c3)CCC2)C1. The number of nitrogens with zero attached hydrogens (tertiary/aromatic N) is 1. The monoisotopic (exact) mass is 341 g/mol. The Labute approximate surface area is 139 Å². The van der Waals surface area contributed by atoms with Gasteiger partial charge >= 0.3 is 6.18 Å². The Morgan fingerprint density at radius 3 is 2.58 bits per heavy atom. The minimum atomic E-state index is -4.41. The van der Waals surface area contributed by atoms with Crippen molar-refractivity contribution in [1.29, 1.82) is 0 Å². The number of rotatable bonds is 3. The first-order chi connectivity index (χ1) is 11.2. The molecule has 0 aromatic heterocycles. The number of benzene rings is 1. The summed E-state index contributed by atoms with van der Waals surface area (Å²) in [7, 11) is 0. The molecule has 2 unspecified atom stereocenters. The van der Waals surface area contributed by atoms with E-state index in [4.69, 9.17) is 0 Å². The standard InChI is InChI=1S/C18H22F3NO2/c1-12(23)13-6-9-22(11-13)16(24)17(7-3-8-17)14-4-2-5-15(10-14)18(19,20)21/h2,4-5,10,12-13,23H,3,6-9,11H2,1H3. The molecule has 3 rings (SSSR count). The van der Waals surface area contributed by atoms with Gasteiger partial charge in [0.1, 0.15) is 0 Å². The number of aliphatic hydroxyl groups excluding tert-OH is 1. The molecule has 1 aliphatic carbocycles. The second kappa shape index (κ2) is 6.06. The Kier molecular flexibility index (Phi) is 4.36. The van der Waals surface area contributed by atoms with Crippen LogP contribution in [0.2, 0.25) is 0 Å². The summed E-state index contributed by atoms with van der Waals surface area (Å²) in [6, 6.07) is 5.18. The van der Waals surface area contributed by atoms with Crippen molar-refractivity contribution in [3.63, 3.8) is 0 Å². The molecule has 0 bridgehead atoms. The fraction of sp³-hybridized carbons (Fsp3) is 0.611. The number of aliphatic hydroxyl groups is 1. The quantitative estimate of drug-likeness (QED) is 0.916. The van der Waals surface area contributed by atoms with Crippen LogP contribution in [0.4, 0.5) is 13.2 Å². The predicted octanol–water partition coefficient (Wildman–Crippen LogP) is 3.36. The highest BCUT2D eigenvalue weighted by atomic mass is 19.4. The van der Waals surface area contributed by atoms with Crippen LogP contribution in [0.25, 0.3) is 0 Å². The Morgan fingerprint density at radius 2 is 2.08 bits per heavy atom. The number of amides is 1. The minimum absolute atomic E-state index is 0.0487. The number of likely N-dealkylation sites (tertiary alicyclic amines) is 1. The van der Waals surface area contributed by atoms with Gasteiger partial charge in [-0.05, 0) is 37.8 Å². The molecule has 1 aliphatic heterocycles. The Morgan fingerprint density at radius 1 is 1.38 bits per heavy atom. The summed E-state index contributed by atoms with van der Waals surface area (Å²) >= 11 is 0. The van der Waals surface area contributed by atoms with Crippen LogP contribution in [0, 0.1) is 5.92 Å². The smallest absolute Gasteiger partial charge is 0.393 e. The highest BCUT2D eigenvalue weighted by Gasteiger charge is 2.49. The summed E-state index contributed by atoms with van der Waals surface area (Å²) in [5, 5.41) is 9.71. The van der Waals surface area contributed by atoms with Gasteiger partial charge in [-0.3, -0.25) is 4.79 Å². The molecule has 2 aliphatic rings. The molecular formula is C18H22F3NO2. The van der Waals surface area contributed by atoms with Crippen molar-refractivity contribution in [2.24, 2.45) is 5.92 Å². The highest BCUT2D eigenvalue weighted by Crippen LogP contribution is 2.47. The summed E-state index contributed by atoms with van der Waals surface area (Å²) in [6.45, 7) is 2.76. The van der Waals surface area contributed by atoms with E-state index in [0.29, 0.717) is 31.5 Å². The topological polar surface area (TPSA) is 40.5 Å². The van der Waals surface area contributed by atoms with Crippen molar-refractivity contribution < 1.29 is 23.1 Å². The lowest BCUT2D eigenvalue weighted by molar-refractivity contribution is -0.141.